The van der Waals surface area contributed by atoms with Gasteiger partial charge in [0, 0.05) is 74.8 Å². The van der Waals surface area contributed by atoms with E-state index in [1.165, 1.54) is 5.69 Å². The highest BCUT2D eigenvalue weighted by molar-refractivity contribution is 5.97. The van der Waals surface area contributed by atoms with Crippen LogP contribution in [0.2, 0.25) is 0 Å². The second-order valence-electron chi connectivity index (χ2n) is 11.0. The number of anilines is 4. The van der Waals surface area contributed by atoms with Crippen LogP contribution in [0.25, 0.3) is 11.3 Å². The highest BCUT2D eigenvalue weighted by atomic mass is 16.5. The predicted molar refractivity (Wildman–Crippen MR) is 152 cm³/mol. The maximum Gasteiger partial charge on any atom is 0.271 e. The lowest BCUT2D eigenvalue weighted by Gasteiger charge is -2.50. The molecular weight excluding hydrogens is 492 g/mol. The molecule has 1 aromatic carbocycles. The summed E-state index contributed by atoms with van der Waals surface area (Å²) in [4.78, 5) is 31.0. The summed E-state index contributed by atoms with van der Waals surface area (Å²) in [6.07, 6.45) is 7.76. The quantitative estimate of drug-likeness (QED) is 0.423. The second kappa shape index (κ2) is 10.8. The smallest absolute Gasteiger partial charge is 0.271 e. The van der Waals surface area contributed by atoms with Crippen LogP contribution < -0.4 is 21.3 Å². The fraction of sp³-hybridized carbons (Fsp3) is 0.448. The van der Waals surface area contributed by atoms with Crippen LogP contribution in [-0.2, 0) is 4.74 Å². The molecule has 3 fully saturated rings. The molecule has 4 heterocycles. The molecule has 2 saturated heterocycles. The van der Waals surface area contributed by atoms with E-state index in [1.807, 2.05) is 24.3 Å². The average molecular weight is 529 g/mol. The largest absolute Gasteiger partial charge is 0.381 e. The Labute approximate surface area is 229 Å². The zero-order valence-corrected chi connectivity index (χ0v) is 22.4. The Hall–Kier alpha value is -3.76. The van der Waals surface area contributed by atoms with Crippen molar-refractivity contribution in [1.29, 1.82) is 0 Å². The maximum absolute atomic E-state index is 12.5. The molecular formula is C29H36N8O2. The number of primary amides is 1. The van der Waals surface area contributed by atoms with Gasteiger partial charge in [0.15, 0.2) is 17.3 Å². The summed E-state index contributed by atoms with van der Waals surface area (Å²) in [6.45, 7) is 5.77. The zero-order chi connectivity index (χ0) is 26.8. The zero-order valence-electron chi connectivity index (χ0n) is 22.4. The lowest BCUT2D eigenvalue weighted by molar-refractivity contribution is -0.0342. The molecule has 2 aliphatic heterocycles. The van der Waals surface area contributed by atoms with E-state index in [4.69, 9.17) is 20.4 Å². The molecule has 0 bridgehead atoms. The van der Waals surface area contributed by atoms with Crippen molar-refractivity contribution in [2.24, 2.45) is 11.1 Å². The van der Waals surface area contributed by atoms with Crippen LogP contribution in [0.4, 0.5) is 23.0 Å². The van der Waals surface area contributed by atoms with Gasteiger partial charge in [0.1, 0.15) is 5.69 Å². The number of nitrogens with zero attached hydrogens (tertiary/aromatic N) is 5. The first-order valence-corrected chi connectivity index (χ1v) is 13.8. The van der Waals surface area contributed by atoms with Crippen molar-refractivity contribution >= 4 is 28.9 Å². The Kier molecular flexibility index (Phi) is 7.05. The number of hydrogen-bond donors (Lipinski definition) is 3. The number of carbonyl (C=O) groups excluding carboxylic acids is 1. The first-order chi connectivity index (χ1) is 19.0. The van der Waals surface area contributed by atoms with Crippen molar-refractivity contribution < 1.29 is 9.53 Å². The molecule has 39 heavy (non-hydrogen) atoms. The molecule has 3 aliphatic rings. The number of carbonyl (C=O) groups is 1. The van der Waals surface area contributed by atoms with Gasteiger partial charge in [-0.05, 0) is 74.5 Å². The molecule has 6 rings (SSSR count). The van der Waals surface area contributed by atoms with Gasteiger partial charge in [-0.1, -0.05) is 0 Å². The fourth-order valence-corrected chi connectivity index (χ4v) is 5.96. The summed E-state index contributed by atoms with van der Waals surface area (Å²) in [5.74, 6) is 0.343. The molecule has 204 valence electrons. The first-order valence-electron chi connectivity index (χ1n) is 13.8. The lowest BCUT2D eigenvalue weighted by atomic mass is 9.61. The van der Waals surface area contributed by atoms with Crippen LogP contribution in [0.15, 0.2) is 48.8 Å². The van der Waals surface area contributed by atoms with Gasteiger partial charge in [-0.25, -0.2) is 9.97 Å². The minimum absolute atomic E-state index is 0.102. The summed E-state index contributed by atoms with van der Waals surface area (Å²) in [5, 5.41) is 6.93. The molecule has 0 unspecified atom stereocenters. The third kappa shape index (κ3) is 5.53. The summed E-state index contributed by atoms with van der Waals surface area (Å²) in [5.41, 5.74) is 9.67. The van der Waals surface area contributed by atoms with Gasteiger partial charge in [0.2, 0.25) is 0 Å². The van der Waals surface area contributed by atoms with E-state index < -0.39 is 5.91 Å². The average Bonchev–Trinajstić information content (AvgIpc) is 2.94. The van der Waals surface area contributed by atoms with Gasteiger partial charge in [-0.3, -0.25) is 9.78 Å². The summed E-state index contributed by atoms with van der Waals surface area (Å²) >= 11 is 0. The van der Waals surface area contributed by atoms with Gasteiger partial charge in [0.05, 0.1) is 0 Å². The normalized spacial score (nSPS) is 19.5. The minimum atomic E-state index is -0.634. The highest BCUT2D eigenvalue weighted by Crippen LogP contribution is 2.50. The first kappa shape index (κ1) is 25.5. The highest BCUT2D eigenvalue weighted by Gasteiger charge is 2.45. The number of piperazine rings is 1. The molecule has 1 saturated carbocycles. The van der Waals surface area contributed by atoms with Crippen LogP contribution in [0.3, 0.4) is 0 Å². The van der Waals surface area contributed by atoms with Gasteiger partial charge < -0.3 is 30.9 Å². The molecule has 10 heteroatoms. The van der Waals surface area contributed by atoms with Crippen molar-refractivity contribution in [3.63, 3.8) is 0 Å². The Bertz CT molecular complexity index is 1290. The van der Waals surface area contributed by atoms with E-state index in [0.717, 1.165) is 76.3 Å². The number of nitrogens with two attached hydrogens (primary N) is 1. The Balaban J connectivity index is 1.27. The maximum atomic E-state index is 12.5. The monoisotopic (exact) mass is 528 g/mol. The van der Waals surface area contributed by atoms with E-state index in [-0.39, 0.29) is 11.7 Å². The lowest BCUT2D eigenvalue weighted by Crippen LogP contribution is -2.48. The third-order valence-corrected chi connectivity index (χ3v) is 8.33. The minimum Gasteiger partial charge on any atom is -0.381 e. The van der Waals surface area contributed by atoms with Crippen molar-refractivity contribution in [2.45, 2.75) is 31.7 Å². The van der Waals surface area contributed by atoms with E-state index in [2.05, 4.69) is 44.6 Å². The number of rotatable bonds is 7. The van der Waals surface area contributed by atoms with E-state index in [9.17, 15) is 4.79 Å². The molecule has 3 aromatic rings. The van der Waals surface area contributed by atoms with Gasteiger partial charge in [0.25, 0.3) is 5.91 Å². The molecule has 1 amide bonds. The van der Waals surface area contributed by atoms with E-state index in [0.29, 0.717) is 22.7 Å². The van der Waals surface area contributed by atoms with Gasteiger partial charge in [-0.15, -0.1) is 0 Å². The molecule has 10 nitrogen and oxygen atoms in total. The number of ether oxygens (including phenoxy) is 1. The number of aromatic nitrogens is 3. The van der Waals surface area contributed by atoms with Crippen LogP contribution in [0.1, 0.15) is 36.2 Å². The number of likely N-dealkylation sites (N-methyl/N-ethyl adjacent to an activating group) is 1. The molecule has 2 aromatic heterocycles. The summed E-state index contributed by atoms with van der Waals surface area (Å²) in [6, 6.07) is 12.2. The number of nitrogens with one attached hydrogen (secondary N) is 2. The number of pyridine rings is 1. The second-order valence-corrected chi connectivity index (χ2v) is 11.0. The third-order valence-electron chi connectivity index (χ3n) is 8.33. The Morgan fingerprint density at radius 3 is 2.33 bits per heavy atom. The molecule has 4 N–H and O–H groups in total. The van der Waals surface area contributed by atoms with E-state index in [1.54, 1.807) is 12.4 Å². The van der Waals surface area contributed by atoms with Crippen LogP contribution >= 0.6 is 0 Å². The number of hydrogen-bond acceptors (Lipinski definition) is 9. The standard InChI is InChI=1S/C29H36N8O2/c1-36-12-14-37(15-13-36)23-4-2-21(3-5-23)32-28-25(26(30)38)34-24(20-6-10-31-11-7-20)27(35-28)33-22-18-29(19-22)8-16-39-17-9-29/h2-7,10-11,22H,8-9,12-19H2,1H3,(H2,30,38)(H2,32,33,35). The van der Waals surface area contributed by atoms with E-state index >= 15 is 0 Å². The van der Waals surface area contributed by atoms with Crippen molar-refractivity contribution in [3.8, 4) is 11.3 Å². The molecule has 0 radical (unpaired) electrons. The van der Waals surface area contributed by atoms with Crippen LogP contribution in [0.5, 0.6) is 0 Å². The summed E-state index contributed by atoms with van der Waals surface area (Å²) < 4.78 is 5.58. The summed E-state index contributed by atoms with van der Waals surface area (Å²) in [7, 11) is 2.15. The Morgan fingerprint density at radius 2 is 1.67 bits per heavy atom. The molecule has 0 atom stereocenters. The van der Waals surface area contributed by atoms with Crippen molar-refractivity contribution in [2.75, 3.05) is 62.0 Å². The van der Waals surface area contributed by atoms with Crippen LogP contribution in [-0.4, -0.2) is 78.2 Å². The van der Waals surface area contributed by atoms with Crippen molar-refractivity contribution in [1.82, 2.24) is 19.9 Å². The van der Waals surface area contributed by atoms with Gasteiger partial charge >= 0.3 is 0 Å². The fourth-order valence-electron chi connectivity index (χ4n) is 5.96. The SMILES string of the molecule is CN1CCN(c2ccc(Nc3nc(NC4CC5(CCOCC5)C4)c(-c4ccncc4)nc3C(N)=O)cc2)CC1. The molecule has 1 aliphatic carbocycles. The topological polar surface area (TPSA) is 122 Å². The Morgan fingerprint density at radius 1 is 0.974 bits per heavy atom. The number of amides is 1. The predicted octanol–water partition coefficient (Wildman–Crippen LogP) is 3.50. The van der Waals surface area contributed by atoms with Crippen LogP contribution in [0, 0.1) is 5.41 Å². The van der Waals surface area contributed by atoms with Crippen molar-refractivity contribution in [3.05, 3.63) is 54.5 Å². The number of benzene rings is 1. The molecule has 1 spiro atoms. The van der Waals surface area contributed by atoms with Gasteiger partial charge in [-0.2, -0.15) is 0 Å².